The minimum Gasteiger partial charge on any atom is -0.356 e. The number of hydrogen-bond acceptors (Lipinski definition) is 3. The van der Waals surface area contributed by atoms with Gasteiger partial charge in [0.1, 0.15) is 5.82 Å². The largest absolute Gasteiger partial charge is 0.356 e. The van der Waals surface area contributed by atoms with E-state index in [-0.39, 0.29) is 40.5 Å². The number of carbonyl (C=O) groups is 2. The zero-order chi connectivity index (χ0) is 20.5. The molecule has 29 heavy (non-hydrogen) atoms. The Kier molecular flexibility index (Phi) is 5.58. The van der Waals surface area contributed by atoms with Gasteiger partial charge in [-0.15, -0.1) is 0 Å². The minimum atomic E-state index is -0.447. The molecule has 4 rings (SSSR count). The number of benzene rings is 1. The Morgan fingerprint density at radius 1 is 1.21 bits per heavy atom. The van der Waals surface area contributed by atoms with Gasteiger partial charge in [-0.2, -0.15) is 0 Å². The van der Waals surface area contributed by atoms with Crippen molar-refractivity contribution in [2.24, 2.45) is 28.7 Å². The second-order valence-corrected chi connectivity index (χ2v) is 8.19. The van der Waals surface area contributed by atoms with Crippen molar-refractivity contribution in [2.75, 3.05) is 20.1 Å². The van der Waals surface area contributed by atoms with Crippen LogP contribution in [0, 0.1) is 29.5 Å². The fourth-order valence-electron chi connectivity index (χ4n) is 4.68. The summed E-state index contributed by atoms with van der Waals surface area (Å²) in [4.78, 5) is 30.9. The van der Waals surface area contributed by atoms with E-state index in [0.717, 1.165) is 12.0 Å². The van der Waals surface area contributed by atoms with E-state index in [1.165, 1.54) is 11.0 Å². The molecule has 4 unspecified atom stereocenters. The number of hydrogen-bond donors (Lipinski definition) is 2. The minimum absolute atomic E-state index is 0.00690. The van der Waals surface area contributed by atoms with E-state index in [9.17, 15) is 14.0 Å². The highest BCUT2D eigenvalue weighted by Crippen LogP contribution is 2.52. The van der Waals surface area contributed by atoms with Gasteiger partial charge >= 0.3 is 0 Å². The molecule has 1 saturated heterocycles. The van der Waals surface area contributed by atoms with E-state index in [2.05, 4.69) is 27.8 Å². The van der Waals surface area contributed by atoms with Gasteiger partial charge in [-0.25, -0.2) is 4.39 Å². The lowest BCUT2D eigenvalue weighted by molar-refractivity contribution is -0.140. The molecule has 1 aromatic rings. The van der Waals surface area contributed by atoms with E-state index in [0.29, 0.717) is 32.0 Å². The van der Waals surface area contributed by atoms with Gasteiger partial charge in [0.25, 0.3) is 0 Å². The lowest BCUT2D eigenvalue weighted by Gasteiger charge is -2.18. The van der Waals surface area contributed by atoms with Crippen LogP contribution in [0.1, 0.15) is 18.4 Å². The van der Waals surface area contributed by atoms with Gasteiger partial charge in [0, 0.05) is 26.7 Å². The summed E-state index contributed by atoms with van der Waals surface area (Å²) in [6, 6.07) is 4.56. The average molecular weight is 419 g/mol. The smallest absolute Gasteiger partial charge is 0.233 e. The Bertz CT molecular complexity index is 857. The highest BCUT2D eigenvalue weighted by Gasteiger charge is 2.58. The number of fused-ring (bicyclic) bond motifs is 5. The van der Waals surface area contributed by atoms with Gasteiger partial charge in [0.2, 0.25) is 11.8 Å². The first-order valence-corrected chi connectivity index (χ1v) is 10.3. The summed E-state index contributed by atoms with van der Waals surface area (Å²) in [5.41, 5.74) is 0.836. The molecule has 154 valence electrons. The van der Waals surface area contributed by atoms with Gasteiger partial charge < -0.3 is 10.6 Å². The van der Waals surface area contributed by atoms with Gasteiger partial charge in [0.05, 0.1) is 16.9 Å². The number of amides is 2. The van der Waals surface area contributed by atoms with Crippen LogP contribution in [0.15, 0.2) is 35.3 Å². The standard InChI is InChI=1S/C21H24ClFN4O2/c1-24-21(26-11-12-3-6-16(23)15(22)9-12)25-7-2-8-27-19(28)17-13-4-5-14(10-13)18(17)20(27)29/h3-6,9,13-14,17-18H,2,7-8,10-11H2,1H3,(H2,24,25,26). The monoisotopic (exact) mass is 418 g/mol. The van der Waals surface area contributed by atoms with E-state index in [1.54, 1.807) is 19.2 Å². The van der Waals surface area contributed by atoms with Crippen LogP contribution >= 0.6 is 11.6 Å². The Morgan fingerprint density at radius 2 is 1.90 bits per heavy atom. The number of nitrogens with zero attached hydrogens (tertiary/aromatic N) is 2. The number of halogens is 2. The van der Waals surface area contributed by atoms with Crippen molar-refractivity contribution in [3.8, 4) is 0 Å². The third-order valence-corrected chi connectivity index (χ3v) is 6.37. The second-order valence-electron chi connectivity index (χ2n) is 7.78. The van der Waals surface area contributed by atoms with Crippen molar-refractivity contribution in [1.82, 2.24) is 15.5 Å². The Morgan fingerprint density at radius 3 is 2.52 bits per heavy atom. The molecule has 1 heterocycles. The molecule has 0 aromatic heterocycles. The summed E-state index contributed by atoms with van der Waals surface area (Å²) < 4.78 is 13.2. The van der Waals surface area contributed by atoms with E-state index in [4.69, 9.17) is 11.6 Å². The molecule has 0 spiro atoms. The van der Waals surface area contributed by atoms with Gasteiger partial charge in [0.15, 0.2) is 5.96 Å². The zero-order valence-electron chi connectivity index (χ0n) is 16.2. The predicted octanol–water partition coefficient (Wildman–Crippen LogP) is 2.34. The molecule has 3 aliphatic rings. The van der Waals surface area contributed by atoms with Crippen molar-refractivity contribution in [3.05, 3.63) is 46.8 Å². The summed E-state index contributed by atoms with van der Waals surface area (Å²) in [7, 11) is 1.66. The molecule has 0 radical (unpaired) electrons. The Hall–Kier alpha value is -2.41. The number of rotatable bonds is 6. The third-order valence-electron chi connectivity index (χ3n) is 6.08. The van der Waals surface area contributed by atoms with E-state index < -0.39 is 5.82 Å². The number of likely N-dealkylation sites (tertiary alicyclic amines) is 1. The molecular formula is C21H24ClFN4O2. The fraction of sp³-hybridized carbons (Fsp3) is 0.476. The number of guanidine groups is 1. The summed E-state index contributed by atoms with van der Waals surface area (Å²) >= 11 is 5.80. The highest BCUT2D eigenvalue weighted by atomic mass is 35.5. The SMILES string of the molecule is CN=C(NCCCN1C(=O)C2C3C=CC(C3)C2C1=O)NCc1ccc(F)c(Cl)c1. The number of imide groups is 1. The molecular weight excluding hydrogens is 395 g/mol. The molecule has 4 atom stereocenters. The maximum Gasteiger partial charge on any atom is 0.233 e. The first kappa shape index (κ1) is 19.9. The lowest BCUT2D eigenvalue weighted by atomic mass is 9.85. The number of aliphatic imine (C=N–C) groups is 1. The summed E-state index contributed by atoms with van der Waals surface area (Å²) in [6.07, 6.45) is 5.80. The summed E-state index contributed by atoms with van der Waals surface area (Å²) in [5.74, 6) is 0.338. The topological polar surface area (TPSA) is 73.8 Å². The molecule has 2 amide bonds. The maximum absolute atomic E-state index is 13.2. The number of nitrogens with one attached hydrogen (secondary N) is 2. The quantitative estimate of drug-likeness (QED) is 0.244. The Balaban J connectivity index is 1.22. The van der Waals surface area contributed by atoms with Gasteiger partial charge in [-0.05, 0) is 42.4 Å². The molecule has 1 aliphatic heterocycles. The maximum atomic E-state index is 13.2. The van der Waals surface area contributed by atoms with Crippen molar-refractivity contribution in [2.45, 2.75) is 19.4 Å². The van der Waals surface area contributed by atoms with Crippen LogP contribution in [0.4, 0.5) is 4.39 Å². The van der Waals surface area contributed by atoms with Crippen LogP contribution in [0.3, 0.4) is 0 Å². The predicted molar refractivity (Wildman–Crippen MR) is 109 cm³/mol. The summed E-state index contributed by atoms with van der Waals surface area (Å²) in [6.45, 7) is 1.44. The number of carbonyl (C=O) groups excluding carboxylic acids is 2. The zero-order valence-corrected chi connectivity index (χ0v) is 17.0. The Labute approximate surface area is 174 Å². The highest BCUT2D eigenvalue weighted by molar-refractivity contribution is 6.30. The molecule has 2 fully saturated rings. The van der Waals surface area contributed by atoms with Gasteiger partial charge in [-0.3, -0.25) is 19.5 Å². The number of allylic oxidation sites excluding steroid dienone is 2. The third kappa shape index (κ3) is 3.75. The lowest BCUT2D eigenvalue weighted by Crippen LogP contribution is -2.39. The van der Waals surface area contributed by atoms with Crippen LogP contribution < -0.4 is 10.6 Å². The molecule has 2 N–H and O–H groups in total. The average Bonchev–Trinajstić information content (AvgIpc) is 3.39. The summed E-state index contributed by atoms with van der Waals surface area (Å²) in [5, 5.41) is 6.39. The molecule has 1 saturated carbocycles. The van der Waals surface area contributed by atoms with Crippen molar-refractivity contribution in [3.63, 3.8) is 0 Å². The fourth-order valence-corrected chi connectivity index (χ4v) is 4.89. The normalized spacial score (nSPS) is 27.7. The van der Waals surface area contributed by atoms with Crippen LogP contribution in [-0.4, -0.2) is 42.8 Å². The van der Waals surface area contributed by atoms with Crippen LogP contribution in [0.5, 0.6) is 0 Å². The molecule has 2 aliphatic carbocycles. The van der Waals surface area contributed by atoms with E-state index >= 15 is 0 Å². The van der Waals surface area contributed by atoms with Crippen molar-refractivity contribution >= 4 is 29.4 Å². The second kappa shape index (κ2) is 8.14. The molecule has 1 aromatic carbocycles. The first-order chi connectivity index (χ1) is 14.0. The van der Waals surface area contributed by atoms with Crippen molar-refractivity contribution in [1.29, 1.82) is 0 Å². The molecule has 6 nitrogen and oxygen atoms in total. The first-order valence-electron chi connectivity index (χ1n) is 9.91. The van der Waals surface area contributed by atoms with Crippen LogP contribution in [0.2, 0.25) is 5.02 Å². The van der Waals surface area contributed by atoms with Crippen molar-refractivity contribution < 1.29 is 14.0 Å². The van der Waals surface area contributed by atoms with E-state index in [1.807, 2.05) is 0 Å². The molecule has 2 bridgehead atoms. The van der Waals surface area contributed by atoms with Crippen LogP contribution in [-0.2, 0) is 16.1 Å². The van der Waals surface area contributed by atoms with Gasteiger partial charge in [-0.1, -0.05) is 29.8 Å². The molecule has 8 heteroatoms. The van der Waals surface area contributed by atoms with Crippen LogP contribution in [0.25, 0.3) is 0 Å².